The lowest BCUT2D eigenvalue weighted by Crippen LogP contribution is -2.34. The molecule has 0 radical (unpaired) electrons. The second kappa shape index (κ2) is 15.6. The Kier molecular flexibility index (Phi) is 10.0. The van der Waals surface area contributed by atoms with Gasteiger partial charge in [-0.25, -0.2) is 0 Å². The van der Waals surface area contributed by atoms with Crippen molar-refractivity contribution >= 4 is 17.1 Å². The molecule has 0 saturated heterocycles. The van der Waals surface area contributed by atoms with Crippen LogP contribution in [0, 0.1) is 6.92 Å². The van der Waals surface area contributed by atoms with Crippen molar-refractivity contribution in [2.75, 3.05) is 4.90 Å². The minimum atomic E-state index is -0.552. The van der Waals surface area contributed by atoms with Gasteiger partial charge in [0.2, 0.25) is 0 Å². The van der Waals surface area contributed by atoms with Gasteiger partial charge in [0.25, 0.3) is 0 Å². The first-order chi connectivity index (χ1) is 32.1. The van der Waals surface area contributed by atoms with Gasteiger partial charge in [-0.2, -0.15) is 0 Å². The SMILES string of the molecule is Cc1cc2c(cc1N(c1ccc(-c3ccccc3)cc1)c1cc3c(cc1-c1ccc4c(c1)C(C)(C)CCC4(C)C)-c1ccccc1C3(c1ccccc1)c1ccccc1)C(C)(C)CCC2(C)C. The van der Waals surface area contributed by atoms with Crippen LogP contribution in [0.1, 0.15) is 131 Å². The topological polar surface area (TPSA) is 3.24 Å². The number of rotatable bonds is 7. The smallest absolute Gasteiger partial charge is 0.0714 e. The molecule has 0 spiro atoms. The highest BCUT2D eigenvalue weighted by Crippen LogP contribution is 2.60. The molecular weight excluding hydrogens is 807 g/mol. The molecule has 0 fully saturated rings. The molecule has 3 aliphatic rings. The van der Waals surface area contributed by atoms with E-state index in [2.05, 4.69) is 249 Å². The first-order valence-corrected chi connectivity index (χ1v) is 24.8. The number of aryl methyl sites for hydroxylation is 1. The van der Waals surface area contributed by atoms with E-state index in [-0.39, 0.29) is 21.7 Å². The Balaban J connectivity index is 1.28. The van der Waals surface area contributed by atoms with Gasteiger partial charge in [0.15, 0.2) is 0 Å². The van der Waals surface area contributed by atoms with E-state index in [1.165, 1.54) is 108 Å². The maximum absolute atomic E-state index is 2.63. The molecule has 0 aromatic heterocycles. The molecule has 8 aromatic carbocycles. The summed E-state index contributed by atoms with van der Waals surface area (Å²) < 4.78 is 0. The Morgan fingerprint density at radius 3 is 1.39 bits per heavy atom. The van der Waals surface area contributed by atoms with Crippen molar-refractivity contribution < 1.29 is 0 Å². The van der Waals surface area contributed by atoms with Crippen LogP contribution in [-0.4, -0.2) is 0 Å². The number of hydrogen-bond donors (Lipinski definition) is 0. The highest BCUT2D eigenvalue weighted by Gasteiger charge is 2.47. The summed E-state index contributed by atoms with van der Waals surface area (Å²) in [5.74, 6) is 0. The molecule has 8 aromatic rings. The van der Waals surface area contributed by atoms with Gasteiger partial charge in [-0.05, 0) is 162 Å². The van der Waals surface area contributed by atoms with Gasteiger partial charge in [-0.3, -0.25) is 0 Å². The first kappa shape index (κ1) is 43.1. The Morgan fingerprint density at radius 1 is 0.328 bits per heavy atom. The zero-order chi connectivity index (χ0) is 46.5. The summed E-state index contributed by atoms with van der Waals surface area (Å²) in [5.41, 5.74) is 23.2. The monoisotopic (exact) mass is 872 g/mol. The average Bonchev–Trinajstić information content (AvgIpc) is 3.63. The molecule has 334 valence electrons. The summed E-state index contributed by atoms with van der Waals surface area (Å²) in [7, 11) is 0. The van der Waals surface area contributed by atoms with Crippen LogP contribution in [0.5, 0.6) is 0 Å². The van der Waals surface area contributed by atoms with Crippen LogP contribution >= 0.6 is 0 Å². The third-order valence-corrected chi connectivity index (χ3v) is 16.6. The normalized spacial score (nSPS) is 17.7. The van der Waals surface area contributed by atoms with Gasteiger partial charge in [-0.15, -0.1) is 0 Å². The van der Waals surface area contributed by atoms with Crippen molar-refractivity contribution in [3.05, 3.63) is 232 Å². The highest BCUT2D eigenvalue weighted by molar-refractivity contribution is 5.97. The fraction of sp³-hybridized carbons (Fsp3) is 0.273. The van der Waals surface area contributed by atoms with Gasteiger partial charge in [0.05, 0.1) is 11.1 Å². The Labute approximate surface area is 400 Å². The molecule has 0 heterocycles. The molecule has 0 N–H and O–H groups in total. The summed E-state index contributed by atoms with van der Waals surface area (Å²) in [6.07, 6.45) is 4.68. The lowest BCUT2D eigenvalue weighted by molar-refractivity contribution is 0.332. The summed E-state index contributed by atoms with van der Waals surface area (Å²) in [4.78, 5) is 2.63. The van der Waals surface area contributed by atoms with Crippen LogP contribution in [0.15, 0.2) is 182 Å². The van der Waals surface area contributed by atoms with E-state index in [1.807, 2.05) is 0 Å². The van der Waals surface area contributed by atoms with Crippen molar-refractivity contribution in [2.45, 2.75) is 115 Å². The van der Waals surface area contributed by atoms with Crippen LogP contribution in [0.25, 0.3) is 33.4 Å². The van der Waals surface area contributed by atoms with Crippen LogP contribution in [0.3, 0.4) is 0 Å². The summed E-state index contributed by atoms with van der Waals surface area (Å²) in [5, 5.41) is 0. The quantitative estimate of drug-likeness (QED) is 0.154. The van der Waals surface area contributed by atoms with Crippen molar-refractivity contribution in [2.24, 2.45) is 0 Å². The summed E-state index contributed by atoms with van der Waals surface area (Å²) >= 11 is 0. The van der Waals surface area contributed by atoms with Gasteiger partial charge in [-0.1, -0.05) is 207 Å². The largest absolute Gasteiger partial charge is 0.310 e. The van der Waals surface area contributed by atoms with E-state index in [0.717, 1.165) is 18.5 Å². The van der Waals surface area contributed by atoms with Gasteiger partial charge in [0.1, 0.15) is 0 Å². The Bertz CT molecular complexity index is 3130. The van der Waals surface area contributed by atoms with Gasteiger partial charge >= 0.3 is 0 Å². The minimum absolute atomic E-state index is 0.0329. The van der Waals surface area contributed by atoms with Crippen LogP contribution in [0.4, 0.5) is 17.1 Å². The highest BCUT2D eigenvalue weighted by atomic mass is 15.1. The molecular formula is C66H65N. The van der Waals surface area contributed by atoms with E-state index in [4.69, 9.17) is 0 Å². The molecule has 0 saturated carbocycles. The second-order valence-corrected chi connectivity index (χ2v) is 22.7. The Morgan fingerprint density at radius 2 is 0.791 bits per heavy atom. The molecule has 1 nitrogen and oxygen atoms in total. The van der Waals surface area contributed by atoms with E-state index >= 15 is 0 Å². The standard InChI is InChI=1S/C66H65N/c1-44-39-57-59(65(8,9)38-37-63(57,4)5)43-60(44)67(50-32-29-46(30-33-50)45-21-13-10-14-22-45)61-42-56-53(41-52(61)47-31-34-55-58(40-47)64(6,7)36-35-62(55,2)3)51-27-19-20-28-54(51)66(56,48-23-15-11-16-24-48)49-25-17-12-18-26-49/h10-34,39-43H,35-38H2,1-9H3. The van der Waals surface area contributed by atoms with Gasteiger partial charge in [0, 0.05) is 16.9 Å². The zero-order valence-electron chi connectivity index (χ0n) is 41.1. The van der Waals surface area contributed by atoms with Crippen LogP contribution < -0.4 is 4.90 Å². The molecule has 3 aliphatic carbocycles. The summed E-state index contributed by atoms with van der Waals surface area (Å²) in [6, 6.07) is 69.7. The van der Waals surface area contributed by atoms with Gasteiger partial charge < -0.3 is 4.90 Å². The van der Waals surface area contributed by atoms with E-state index in [0.29, 0.717) is 0 Å². The second-order valence-electron chi connectivity index (χ2n) is 22.7. The maximum Gasteiger partial charge on any atom is 0.0714 e. The molecule has 0 atom stereocenters. The molecule has 0 unspecified atom stereocenters. The maximum atomic E-state index is 2.63. The number of fused-ring (bicyclic) bond motifs is 5. The molecule has 11 rings (SSSR count). The van der Waals surface area contributed by atoms with Crippen LogP contribution in [0.2, 0.25) is 0 Å². The number of benzene rings is 8. The average molecular weight is 872 g/mol. The fourth-order valence-corrected chi connectivity index (χ4v) is 12.4. The van der Waals surface area contributed by atoms with E-state index < -0.39 is 5.41 Å². The molecule has 0 bridgehead atoms. The molecule has 67 heavy (non-hydrogen) atoms. The van der Waals surface area contributed by atoms with Crippen molar-refractivity contribution in [3.63, 3.8) is 0 Å². The minimum Gasteiger partial charge on any atom is -0.310 e. The van der Waals surface area contributed by atoms with Crippen LogP contribution in [-0.2, 0) is 27.1 Å². The summed E-state index contributed by atoms with van der Waals surface area (Å²) in [6.45, 7) is 22.0. The fourth-order valence-electron chi connectivity index (χ4n) is 12.4. The zero-order valence-corrected chi connectivity index (χ0v) is 41.1. The molecule has 0 amide bonds. The lowest BCUT2D eigenvalue weighted by atomic mass is 9.62. The predicted octanol–water partition coefficient (Wildman–Crippen LogP) is 17.9. The Hall–Kier alpha value is -6.44. The third-order valence-electron chi connectivity index (χ3n) is 16.6. The first-order valence-electron chi connectivity index (χ1n) is 24.8. The van der Waals surface area contributed by atoms with Crippen molar-refractivity contribution in [3.8, 4) is 33.4 Å². The predicted molar refractivity (Wildman–Crippen MR) is 285 cm³/mol. The molecule has 1 heteroatoms. The number of nitrogens with zero attached hydrogens (tertiary/aromatic N) is 1. The van der Waals surface area contributed by atoms with Crippen molar-refractivity contribution in [1.29, 1.82) is 0 Å². The lowest BCUT2D eigenvalue weighted by Gasteiger charge is -2.43. The molecule has 0 aliphatic heterocycles. The van der Waals surface area contributed by atoms with Crippen molar-refractivity contribution in [1.82, 2.24) is 0 Å². The van der Waals surface area contributed by atoms with E-state index in [9.17, 15) is 0 Å². The number of hydrogen-bond acceptors (Lipinski definition) is 1. The van der Waals surface area contributed by atoms with E-state index in [1.54, 1.807) is 0 Å². The number of anilines is 3. The third kappa shape index (κ3) is 6.86.